The Hall–Kier alpha value is -2.81. The van der Waals surface area contributed by atoms with E-state index in [4.69, 9.17) is 10.5 Å². The zero-order chi connectivity index (χ0) is 32.6. The maximum absolute atomic E-state index is 16.4. The monoisotopic (exact) mass is 717 g/mol. The number of piperidine rings is 1. The Morgan fingerprint density at radius 3 is 2.16 bits per heavy atom. The summed E-state index contributed by atoms with van der Waals surface area (Å²) in [5.74, 6) is -5.22. The van der Waals surface area contributed by atoms with Gasteiger partial charge in [0.15, 0.2) is 6.04 Å². The van der Waals surface area contributed by atoms with Gasteiger partial charge in [-0.15, -0.1) is 0 Å². The summed E-state index contributed by atoms with van der Waals surface area (Å²) in [6.07, 6.45) is -0.784. The summed E-state index contributed by atoms with van der Waals surface area (Å²) in [6, 6.07) is 9.43. The van der Waals surface area contributed by atoms with E-state index < -0.39 is 55.4 Å². The molecule has 1 heterocycles. The zero-order valence-electron chi connectivity index (χ0n) is 24.2. The van der Waals surface area contributed by atoms with Crippen molar-refractivity contribution in [1.29, 1.82) is 0 Å². The topological polar surface area (TPSA) is 92.9 Å². The van der Waals surface area contributed by atoms with Crippen LogP contribution in [0.3, 0.4) is 0 Å². The average molecular weight is 719 g/mol. The normalized spacial score (nSPS) is 18.1. The lowest BCUT2D eigenvalue weighted by Crippen LogP contribution is -2.60. The number of hydrogen-bond acceptors (Lipinski definition) is 5. The van der Waals surface area contributed by atoms with Crippen molar-refractivity contribution >= 4 is 42.6 Å². The van der Waals surface area contributed by atoms with Crippen LogP contribution in [0.5, 0.6) is 5.75 Å². The molecule has 7 nitrogen and oxygen atoms in total. The second kappa shape index (κ2) is 13.1. The third-order valence-electron chi connectivity index (χ3n) is 8.28. The first-order valence-corrected chi connectivity index (χ1v) is 16.9. The van der Waals surface area contributed by atoms with E-state index in [-0.39, 0.29) is 38.1 Å². The van der Waals surface area contributed by atoms with Gasteiger partial charge in [0.05, 0.1) is 11.0 Å². The Labute approximate surface area is 266 Å². The molecule has 3 aromatic rings. The first-order valence-electron chi connectivity index (χ1n) is 14.6. The van der Waals surface area contributed by atoms with Crippen molar-refractivity contribution in [2.45, 2.75) is 73.7 Å². The van der Waals surface area contributed by atoms with Gasteiger partial charge in [-0.3, -0.25) is 4.79 Å². The minimum Gasteiger partial charge on any atom is -0.490 e. The van der Waals surface area contributed by atoms with Crippen LogP contribution >= 0.6 is 15.9 Å². The largest absolute Gasteiger partial charge is 0.490 e. The van der Waals surface area contributed by atoms with E-state index in [1.165, 1.54) is 18.2 Å². The van der Waals surface area contributed by atoms with Crippen LogP contribution in [0.1, 0.15) is 44.1 Å². The number of amides is 1. The molecule has 1 aliphatic carbocycles. The van der Waals surface area contributed by atoms with Gasteiger partial charge in [-0.1, -0.05) is 40.2 Å². The van der Waals surface area contributed by atoms with Crippen molar-refractivity contribution < 1.29 is 39.9 Å². The Morgan fingerprint density at radius 2 is 1.53 bits per heavy atom. The summed E-state index contributed by atoms with van der Waals surface area (Å²) in [6.45, 7) is -2.51. The van der Waals surface area contributed by atoms with Gasteiger partial charge >= 0.3 is 6.18 Å². The second-order valence-electron chi connectivity index (χ2n) is 11.6. The number of nitrogens with two attached hydrogens (primary N) is 1. The highest BCUT2D eigenvalue weighted by molar-refractivity contribution is 9.10. The summed E-state index contributed by atoms with van der Waals surface area (Å²) in [4.78, 5) is 14.1. The molecule has 1 amide bonds. The number of likely N-dealkylation sites (tertiary alicyclic amines) is 1. The predicted molar refractivity (Wildman–Crippen MR) is 162 cm³/mol. The Kier molecular flexibility index (Phi) is 9.79. The van der Waals surface area contributed by atoms with Gasteiger partial charge in [-0.25, -0.2) is 8.42 Å². The number of ether oxygens (including phenoxy) is 1. The number of carbonyl (C=O) groups excluding carboxylic acids is 1. The standard InChI is InChI=1S/C31H33BrF5N3O4S/c32-23-9-7-22(8-10-23)31(36,37)28(29(41)39-15-13-24(38)14-16-39)40(19-30(33,34)35)45(42,43)27-12-6-20-17-26(11-5-21(20)18-27)44-25-3-1-2-4-25/h5-12,17-18,24-25,28H,1-4,13-16,19,38H2. The van der Waals surface area contributed by atoms with Crippen LogP contribution in [0.15, 0.2) is 70.0 Å². The fourth-order valence-electron chi connectivity index (χ4n) is 5.84. The number of alkyl halides is 5. The Balaban J connectivity index is 1.58. The van der Waals surface area contributed by atoms with E-state index in [9.17, 15) is 26.4 Å². The molecule has 3 aromatic carbocycles. The third kappa shape index (κ3) is 7.61. The predicted octanol–water partition coefficient (Wildman–Crippen LogP) is 6.59. The molecule has 14 heteroatoms. The molecule has 2 N–H and O–H groups in total. The molecule has 1 saturated heterocycles. The van der Waals surface area contributed by atoms with Crippen LogP contribution < -0.4 is 10.5 Å². The van der Waals surface area contributed by atoms with Gasteiger partial charge in [-0.2, -0.15) is 26.3 Å². The molecule has 0 bridgehead atoms. The van der Waals surface area contributed by atoms with E-state index in [0.717, 1.165) is 54.8 Å². The molecular formula is C31H33BrF5N3O4S. The molecule has 1 aliphatic heterocycles. The summed E-state index contributed by atoms with van der Waals surface area (Å²) < 4.78 is 109. The molecule has 0 radical (unpaired) electrons. The van der Waals surface area contributed by atoms with Gasteiger partial charge in [0, 0.05) is 29.2 Å². The van der Waals surface area contributed by atoms with Crippen LogP contribution in [0, 0.1) is 0 Å². The van der Waals surface area contributed by atoms with Crippen LogP contribution in [0.2, 0.25) is 0 Å². The van der Waals surface area contributed by atoms with Crippen LogP contribution in [-0.2, 0) is 20.7 Å². The number of halogens is 6. The highest BCUT2D eigenvalue weighted by Gasteiger charge is 2.56. The van der Waals surface area contributed by atoms with Crippen molar-refractivity contribution in [3.05, 3.63) is 70.7 Å². The fourth-order valence-corrected chi connectivity index (χ4v) is 7.71. The van der Waals surface area contributed by atoms with E-state index in [0.29, 0.717) is 21.0 Å². The van der Waals surface area contributed by atoms with E-state index in [1.54, 1.807) is 18.2 Å². The zero-order valence-corrected chi connectivity index (χ0v) is 26.6. The number of carbonyl (C=O) groups is 1. The SMILES string of the molecule is NC1CCN(C(=O)C(N(CC(F)(F)F)S(=O)(=O)c2ccc3cc(OC4CCCC4)ccc3c2)C(F)(F)c2ccc(Br)cc2)CC1. The lowest BCUT2D eigenvalue weighted by molar-refractivity contribution is -0.169. The van der Waals surface area contributed by atoms with Gasteiger partial charge < -0.3 is 15.4 Å². The number of rotatable bonds is 9. The summed E-state index contributed by atoms with van der Waals surface area (Å²) in [5, 5.41) is 0.888. The van der Waals surface area contributed by atoms with Crippen LogP contribution in [0.4, 0.5) is 22.0 Å². The molecular weight excluding hydrogens is 685 g/mol. The first kappa shape index (κ1) is 33.6. The Bertz CT molecular complexity index is 1620. The van der Waals surface area contributed by atoms with Gasteiger partial charge in [-0.05, 0) is 85.7 Å². The highest BCUT2D eigenvalue weighted by atomic mass is 79.9. The first-order chi connectivity index (χ1) is 21.1. The lowest BCUT2D eigenvalue weighted by atomic mass is 9.98. The number of hydrogen-bond donors (Lipinski definition) is 1. The van der Waals surface area contributed by atoms with Crippen molar-refractivity contribution in [1.82, 2.24) is 9.21 Å². The van der Waals surface area contributed by atoms with Gasteiger partial charge in [0.25, 0.3) is 5.92 Å². The van der Waals surface area contributed by atoms with E-state index >= 15 is 8.78 Å². The molecule has 244 valence electrons. The fraction of sp³-hybridized carbons (Fsp3) is 0.452. The van der Waals surface area contributed by atoms with Crippen molar-refractivity contribution in [3.8, 4) is 5.75 Å². The maximum Gasteiger partial charge on any atom is 0.402 e. The third-order valence-corrected chi connectivity index (χ3v) is 10.6. The highest BCUT2D eigenvalue weighted by Crippen LogP contribution is 2.40. The van der Waals surface area contributed by atoms with Gasteiger partial charge in [0.1, 0.15) is 12.3 Å². The van der Waals surface area contributed by atoms with Crippen LogP contribution in [0.25, 0.3) is 10.8 Å². The molecule has 5 rings (SSSR count). The summed E-state index contributed by atoms with van der Waals surface area (Å²) >= 11 is 3.13. The number of fused-ring (bicyclic) bond motifs is 1. The quantitative estimate of drug-likeness (QED) is 0.252. The number of sulfonamides is 1. The summed E-state index contributed by atoms with van der Waals surface area (Å²) in [5.41, 5.74) is 5.08. The Morgan fingerprint density at radius 1 is 0.933 bits per heavy atom. The molecule has 1 unspecified atom stereocenters. The van der Waals surface area contributed by atoms with Crippen molar-refractivity contribution in [2.24, 2.45) is 5.73 Å². The second-order valence-corrected chi connectivity index (χ2v) is 14.4. The molecule has 0 aromatic heterocycles. The molecule has 2 fully saturated rings. The summed E-state index contributed by atoms with van der Waals surface area (Å²) in [7, 11) is -5.33. The van der Waals surface area contributed by atoms with Crippen LogP contribution in [-0.4, -0.2) is 67.5 Å². The maximum atomic E-state index is 16.4. The molecule has 45 heavy (non-hydrogen) atoms. The molecule has 1 atom stereocenters. The van der Waals surface area contributed by atoms with E-state index in [1.807, 2.05) is 0 Å². The number of benzene rings is 3. The van der Waals surface area contributed by atoms with Crippen molar-refractivity contribution in [3.63, 3.8) is 0 Å². The van der Waals surface area contributed by atoms with E-state index in [2.05, 4.69) is 15.9 Å². The minimum absolute atomic E-state index is 0.0653. The number of nitrogens with zero attached hydrogens (tertiary/aromatic N) is 2. The molecule has 2 aliphatic rings. The lowest BCUT2D eigenvalue weighted by Gasteiger charge is -2.40. The smallest absolute Gasteiger partial charge is 0.402 e. The van der Waals surface area contributed by atoms with Gasteiger partial charge in [0.2, 0.25) is 15.9 Å². The minimum atomic E-state index is -5.33. The average Bonchev–Trinajstić information content (AvgIpc) is 3.49. The molecule has 1 saturated carbocycles. The molecule has 0 spiro atoms. The van der Waals surface area contributed by atoms with Crippen molar-refractivity contribution in [2.75, 3.05) is 19.6 Å².